The molecule has 0 amide bonds. The molecule has 0 saturated carbocycles. The maximum Gasteiger partial charge on any atom is 0.247 e. The minimum absolute atomic E-state index is 0.460. The van der Waals surface area contributed by atoms with E-state index < -0.39 is 0 Å². The molecule has 2 rings (SSSR count). The summed E-state index contributed by atoms with van der Waals surface area (Å²) in [6.45, 7) is 8.02. The summed E-state index contributed by atoms with van der Waals surface area (Å²) >= 11 is 0. The van der Waals surface area contributed by atoms with Crippen LogP contribution in [0.2, 0.25) is 0 Å². The first-order chi connectivity index (χ1) is 9.61. The molecule has 1 unspecified atom stereocenters. The molecule has 0 aliphatic heterocycles. The zero-order chi connectivity index (χ0) is 14.5. The van der Waals surface area contributed by atoms with Gasteiger partial charge in [0, 0.05) is 17.8 Å². The van der Waals surface area contributed by atoms with E-state index in [0.29, 0.717) is 24.3 Å². The summed E-state index contributed by atoms with van der Waals surface area (Å²) in [6.07, 6.45) is 1.34. The fraction of sp³-hybridized carbons (Fsp3) is 0.467. The van der Waals surface area contributed by atoms with E-state index in [1.54, 1.807) is 0 Å². The van der Waals surface area contributed by atoms with Gasteiger partial charge in [-0.1, -0.05) is 19.9 Å². The molecule has 0 fully saturated rings. The van der Waals surface area contributed by atoms with Gasteiger partial charge in [-0.2, -0.15) is 0 Å². The predicted octanol–water partition coefficient (Wildman–Crippen LogP) is 2.69. The molecule has 0 bridgehead atoms. The van der Waals surface area contributed by atoms with E-state index in [4.69, 9.17) is 10.2 Å². The van der Waals surface area contributed by atoms with Crippen molar-refractivity contribution in [3.63, 3.8) is 0 Å². The molecule has 108 valence electrons. The summed E-state index contributed by atoms with van der Waals surface area (Å²) in [7, 11) is 0. The van der Waals surface area contributed by atoms with Crippen LogP contribution in [-0.2, 0) is 0 Å². The number of nitrogens with zero attached hydrogens (tertiary/aromatic N) is 2. The molecule has 0 spiro atoms. The summed E-state index contributed by atoms with van der Waals surface area (Å²) < 4.78 is 5.23. The van der Waals surface area contributed by atoms with Crippen molar-refractivity contribution in [3.05, 3.63) is 30.2 Å². The third-order valence-electron chi connectivity index (χ3n) is 3.64. The van der Waals surface area contributed by atoms with Gasteiger partial charge in [-0.25, -0.2) is 0 Å². The van der Waals surface area contributed by atoms with Crippen LogP contribution in [0.3, 0.4) is 0 Å². The lowest BCUT2D eigenvalue weighted by atomic mass is 9.96. The number of rotatable bonds is 6. The summed E-state index contributed by atoms with van der Waals surface area (Å²) in [5, 5.41) is 11.1. The number of nitrogens with two attached hydrogens (primary N) is 1. The highest BCUT2D eigenvalue weighted by molar-refractivity contribution is 5.64. The van der Waals surface area contributed by atoms with Crippen LogP contribution in [0.15, 0.2) is 29.0 Å². The van der Waals surface area contributed by atoms with Gasteiger partial charge in [0.25, 0.3) is 0 Å². The highest BCUT2D eigenvalue weighted by atomic mass is 16.4. The van der Waals surface area contributed by atoms with Crippen LogP contribution in [0.5, 0.6) is 0 Å². The van der Waals surface area contributed by atoms with Gasteiger partial charge in [0.15, 0.2) is 0 Å². The lowest BCUT2D eigenvalue weighted by molar-refractivity contribution is 0.413. The molecule has 0 aliphatic rings. The Labute approximate surface area is 119 Å². The number of benzene rings is 1. The Morgan fingerprint density at radius 2 is 2.15 bits per heavy atom. The van der Waals surface area contributed by atoms with Crippen molar-refractivity contribution in [1.82, 2.24) is 10.2 Å². The van der Waals surface area contributed by atoms with Gasteiger partial charge in [0.1, 0.15) is 0 Å². The smallest absolute Gasteiger partial charge is 0.247 e. The summed E-state index contributed by atoms with van der Waals surface area (Å²) in [6, 6.07) is 6.07. The second-order valence-electron chi connectivity index (χ2n) is 5.39. The van der Waals surface area contributed by atoms with Crippen LogP contribution < -0.4 is 11.1 Å². The number of aryl methyl sites for hydroxylation is 1. The van der Waals surface area contributed by atoms with Crippen molar-refractivity contribution in [1.29, 1.82) is 0 Å². The van der Waals surface area contributed by atoms with Gasteiger partial charge in [-0.15, -0.1) is 10.2 Å². The van der Waals surface area contributed by atoms with E-state index in [-0.39, 0.29) is 0 Å². The molecule has 1 aromatic carbocycles. The molecule has 0 radical (unpaired) electrons. The minimum Gasteiger partial charge on any atom is -0.423 e. The average molecular weight is 274 g/mol. The monoisotopic (exact) mass is 274 g/mol. The molecule has 1 aromatic heterocycles. The number of anilines is 1. The first kappa shape index (κ1) is 14.5. The fourth-order valence-corrected chi connectivity index (χ4v) is 2.08. The SMILES string of the molecule is Cc1ccc(-c2nnco2)cc1NCC(CN)C(C)C. The van der Waals surface area contributed by atoms with Crippen LogP contribution in [-0.4, -0.2) is 23.3 Å². The van der Waals surface area contributed by atoms with Gasteiger partial charge in [-0.05, 0) is 43.0 Å². The Kier molecular flexibility index (Phi) is 4.74. The molecule has 5 nitrogen and oxygen atoms in total. The molecule has 0 aliphatic carbocycles. The zero-order valence-corrected chi connectivity index (χ0v) is 12.3. The molecule has 1 heterocycles. The van der Waals surface area contributed by atoms with E-state index in [0.717, 1.165) is 17.8 Å². The Morgan fingerprint density at radius 3 is 2.75 bits per heavy atom. The van der Waals surface area contributed by atoms with Crippen LogP contribution in [0.1, 0.15) is 19.4 Å². The third kappa shape index (κ3) is 3.36. The van der Waals surface area contributed by atoms with E-state index in [1.165, 1.54) is 12.0 Å². The number of hydrogen-bond donors (Lipinski definition) is 2. The quantitative estimate of drug-likeness (QED) is 0.847. The molecule has 2 aromatic rings. The van der Waals surface area contributed by atoms with E-state index >= 15 is 0 Å². The van der Waals surface area contributed by atoms with Crippen molar-refractivity contribution >= 4 is 5.69 Å². The van der Waals surface area contributed by atoms with E-state index in [1.807, 2.05) is 12.1 Å². The summed E-state index contributed by atoms with van der Waals surface area (Å²) in [4.78, 5) is 0. The minimum atomic E-state index is 0.460. The summed E-state index contributed by atoms with van der Waals surface area (Å²) in [5.74, 6) is 1.56. The Morgan fingerprint density at radius 1 is 1.35 bits per heavy atom. The summed E-state index contributed by atoms with van der Waals surface area (Å²) in [5.41, 5.74) is 9.00. The topological polar surface area (TPSA) is 77.0 Å². The number of nitrogens with one attached hydrogen (secondary N) is 1. The molecule has 0 saturated heterocycles. The Balaban J connectivity index is 2.13. The van der Waals surface area contributed by atoms with Gasteiger partial charge in [0.2, 0.25) is 12.3 Å². The second-order valence-corrected chi connectivity index (χ2v) is 5.39. The predicted molar refractivity (Wildman–Crippen MR) is 80.3 cm³/mol. The maximum atomic E-state index is 5.81. The molecular weight excluding hydrogens is 252 g/mol. The highest BCUT2D eigenvalue weighted by Crippen LogP contribution is 2.24. The van der Waals surface area contributed by atoms with Gasteiger partial charge >= 0.3 is 0 Å². The largest absolute Gasteiger partial charge is 0.423 e. The van der Waals surface area contributed by atoms with Crippen LogP contribution in [0, 0.1) is 18.8 Å². The maximum absolute atomic E-state index is 5.81. The normalized spacial score (nSPS) is 12.7. The molecule has 3 N–H and O–H groups in total. The van der Waals surface area contributed by atoms with Crippen molar-refractivity contribution < 1.29 is 4.42 Å². The van der Waals surface area contributed by atoms with Crippen molar-refractivity contribution in [3.8, 4) is 11.5 Å². The first-order valence-electron chi connectivity index (χ1n) is 6.93. The third-order valence-corrected chi connectivity index (χ3v) is 3.64. The van der Waals surface area contributed by atoms with Gasteiger partial charge in [-0.3, -0.25) is 0 Å². The van der Waals surface area contributed by atoms with Crippen LogP contribution >= 0.6 is 0 Å². The van der Waals surface area contributed by atoms with E-state index in [9.17, 15) is 0 Å². The Bertz CT molecular complexity index is 537. The molecule has 5 heteroatoms. The van der Waals surface area contributed by atoms with Crippen LogP contribution in [0.25, 0.3) is 11.5 Å². The van der Waals surface area contributed by atoms with Crippen molar-refractivity contribution in [2.45, 2.75) is 20.8 Å². The van der Waals surface area contributed by atoms with Gasteiger partial charge < -0.3 is 15.5 Å². The molecule has 1 atom stereocenters. The zero-order valence-electron chi connectivity index (χ0n) is 12.3. The highest BCUT2D eigenvalue weighted by Gasteiger charge is 2.12. The second kappa shape index (κ2) is 6.52. The molecule has 20 heavy (non-hydrogen) atoms. The number of hydrogen-bond acceptors (Lipinski definition) is 5. The standard InChI is InChI=1S/C15H22N4O/c1-10(2)13(7-16)8-17-14-6-12(5-4-11(14)3)15-19-18-9-20-15/h4-6,9-10,13,17H,7-8,16H2,1-3H3. The Hall–Kier alpha value is -1.88. The number of aromatic nitrogens is 2. The molecular formula is C15H22N4O. The van der Waals surface area contributed by atoms with E-state index in [2.05, 4.69) is 42.4 Å². The first-order valence-corrected chi connectivity index (χ1v) is 6.93. The average Bonchev–Trinajstić information content (AvgIpc) is 2.95. The lowest BCUT2D eigenvalue weighted by Crippen LogP contribution is -2.27. The van der Waals surface area contributed by atoms with Crippen molar-refractivity contribution in [2.24, 2.45) is 17.6 Å². The fourth-order valence-electron chi connectivity index (χ4n) is 2.08. The van der Waals surface area contributed by atoms with Crippen molar-refractivity contribution in [2.75, 3.05) is 18.4 Å². The van der Waals surface area contributed by atoms with Crippen LogP contribution in [0.4, 0.5) is 5.69 Å². The lowest BCUT2D eigenvalue weighted by Gasteiger charge is -2.21. The van der Waals surface area contributed by atoms with Gasteiger partial charge in [0.05, 0.1) is 0 Å².